The van der Waals surface area contributed by atoms with Crippen molar-refractivity contribution in [1.29, 1.82) is 0 Å². The lowest BCUT2D eigenvalue weighted by Crippen LogP contribution is -2.36. The van der Waals surface area contributed by atoms with Gasteiger partial charge < -0.3 is 10.1 Å². The summed E-state index contributed by atoms with van der Waals surface area (Å²) in [5.74, 6) is 0. The Morgan fingerprint density at radius 1 is 1.40 bits per heavy atom. The van der Waals surface area contributed by atoms with Gasteiger partial charge in [-0.2, -0.15) is 0 Å². The first-order chi connectivity index (χ1) is 9.30. The van der Waals surface area contributed by atoms with Crippen LogP contribution in [0.3, 0.4) is 0 Å². The first-order valence-electron chi connectivity index (χ1n) is 7.40. The van der Waals surface area contributed by atoms with Crippen molar-refractivity contribution in [3.8, 4) is 0 Å². The summed E-state index contributed by atoms with van der Waals surface area (Å²) in [6.07, 6.45) is 3.03. The lowest BCUT2D eigenvalue weighted by molar-refractivity contribution is 0.0519. The SMILES string of the molecule is Cc1ccc2c(c1)C1(CC2)CC1NC(=O)OC(C)(C)C. The van der Waals surface area contributed by atoms with E-state index < -0.39 is 5.60 Å². The highest BCUT2D eigenvalue weighted by molar-refractivity contribution is 5.70. The van der Waals surface area contributed by atoms with Crippen molar-refractivity contribution < 1.29 is 9.53 Å². The van der Waals surface area contributed by atoms with E-state index in [0.29, 0.717) is 0 Å². The lowest BCUT2D eigenvalue weighted by Gasteiger charge is -2.20. The van der Waals surface area contributed by atoms with Crippen LogP contribution in [0.4, 0.5) is 4.79 Å². The average molecular weight is 273 g/mol. The molecule has 0 aliphatic heterocycles. The molecule has 1 saturated carbocycles. The van der Waals surface area contributed by atoms with E-state index in [2.05, 4.69) is 30.4 Å². The molecule has 1 fully saturated rings. The molecule has 3 rings (SSSR count). The van der Waals surface area contributed by atoms with Crippen LogP contribution >= 0.6 is 0 Å². The van der Waals surface area contributed by atoms with Gasteiger partial charge in [0.25, 0.3) is 0 Å². The van der Waals surface area contributed by atoms with Gasteiger partial charge in [0.05, 0.1) is 0 Å². The molecule has 0 aromatic heterocycles. The highest BCUT2D eigenvalue weighted by Gasteiger charge is 2.59. The number of ether oxygens (including phenoxy) is 1. The number of carbonyl (C=O) groups excluding carboxylic acids is 1. The van der Waals surface area contributed by atoms with E-state index >= 15 is 0 Å². The molecule has 2 aliphatic rings. The monoisotopic (exact) mass is 273 g/mol. The van der Waals surface area contributed by atoms with Crippen LogP contribution < -0.4 is 5.32 Å². The molecule has 2 aliphatic carbocycles. The molecule has 1 aromatic rings. The molecule has 1 N–H and O–H groups in total. The number of hydrogen-bond donors (Lipinski definition) is 1. The first-order valence-corrected chi connectivity index (χ1v) is 7.40. The minimum atomic E-state index is -0.434. The Balaban J connectivity index is 1.71. The molecule has 20 heavy (non-hydrogen) atoms. The van der Waals surface area contributed by atoms with Gasteiger partial charge in [-0.05, 0) is 58.1 Å². The summed E-state index contributed by atoms with van der Waals surface area (Å²) in [6, 6.07) is 6.94. The van der Waals surface area contributed by atoms with Gasteiger partial charge in [0, 0.05) is 11.5 Å². The highest BCUT2D eigenvalue weighted by atomic mass is 16.6. The maximum atomic E-state index is 11.9. The fourth-order valence-electron chi connectivity index (χ4n) is 3.38. The fraction of sp³-hybridized carbons (Fsp3) is 0.588. The first kappa shape index (κ1) is 13.5. The number of amides is 1. The molecule has 0 saturated heterocycles. The Morgan fingerprint density at radius 2 is 2.15 bits per heavy atom. The number of rotatable bonds is 1. The number of fused-ring (bicyclic) bond motifs is 2. The van der Waals surface area contributed by atoms with Crippen LogP contribution in [0.1, 0.15) is 50.3 Å². The molecule has 3 nitrogen and oxygen atoms in total. The Bertz CT molecular complexity index is 559. The quantitative estimate of drug-likeness (QED) is 0.850. The zero-order valence-corrected chi connectivity index (χ0v) is 12.7. The maximum Gasteiger partial charge on any atom is 0.407 e. The third-order valence-electron chi connectivity index (χ3n) is 4.41. The van der Waals surface area contributed by atoms with Crippen LogP contribution in [0.15, 0.2) is 18.2 Å². The van der Waals surface area contributed by atoms with E-state index in [1.807, 2.05) is 20.8 Å². The minimum absolute atomic E-state index is 0.179. The number of benzene rings is 1. The summed E-state index contributed by atoms with van der Waals surface area (Å²) in [5.41, 5.74) is 3.93. The molecular formula is C17H23NO2. The number of aryl methyl sites for hydroxylation is 2. The van der Waals surface area contributed by atoms with Crippen molar-refractivity contribution in [3.63, 3.8) is 0 Å². The normalized spacial score (nSPS) is 27.3. The molecular weight excluding hydrogens is 250 g/mol. The zero-order valence-electron chi connectivity index (χ0n) is 12.7. The van der Waals surface area contributed by atoms with Crippen LogP contribution in [0.2, 0.25) is 0 Å². The Hall–Kier alpha value is -1.51. The van der Waals surface area contributed by atoms with E-state index in [1.165, 1.54) is 16.7 Å². The second kappa shape index (κ2) is 4.24. The van der Waals surface area contributed by atoms with Gasteiger partial charge in [0.15, 0.2) is 0 Å². The Labute approximate surface area is 120 Å². The van der Waals surface area contributed by atoms with E-state index in [9.17, 15) is 4.79 Å². The number of carbonyl (C=O) groups is 1. The smallest absolute Gasteiger partial charge is 0.407 e. The molecule has 0 heterocycles. The number of alkyl carbamates (subject to hydrolysis) is 1. The lowest BCUT2D eigenvalue weighted by atomic mass is 9.96. The predicted octanol–water partition coefficient (Wildman–Crippen LogP) is 3.48. The fourth-order valence-corrected chi connectivity index (χ4v) is 3.38. The minimum Gasteiger partial charge on any atom is -0.444 e. The van der Waals surface area contributed by atoms with Crippen molar-refractivity contribution in [3.05, 3.63) is 34.9 Å². The van der Waals surface area contributed by atoms with Crippen LogP contribution in [0.25, 0.3) is 0 Å². The van der Waals surface area contributed by atoms with Crippen LogP contribution in [-0.4, -0.2) is 17.7 Å². The standard InChI is InChI=1S/C17H23NO2/c1-11-5-6-12-7-8-17(13(12)9-11)10-14(17)18-15(19)20-16(2,3)4/h5-6,9,14H,7-8,10H2,1-4H3,(H,18,19). The van der Waals surface area contributed by atoms with E-state index in [0.717, 1.165) is 19.3 Å². The molecule has 2 atom stereocenters. The summed E-state index contributed by atoms with van der Waals surface area (Å²) in [6.45, 7) is 7.81. The van der Waals surface area contributed by atoms with Crippen molar-refractivity contribution in [2.24, 2.45) is 0 Å². The number of nitrogens with one attached hydrogen (secondary N) is 1. The topological polar surface area (TPSA) is 38.3 Å². The van der Waals surface area contributed by atoms with Crippen molar-refractivity contribution in [2.45, 2.75) is 64.0 Å². The Kier molecular flexibility index (Phi) is 2.86. The van der Waals surface area contributed by atoms with Crippen LogP contribution in [-0.2, 0) is 16.6 Å². The Morgan fingerprint density at radius 3 is 2.85 bits per heavy atom. The molecule has 0 bridgehead atoms. The largest absolute Gasteiger partial charge is 0.444 e. The molecule has 1 aromatic carbocycles. The van der Waals surface area contributed by atoms with Gasteiger partial charge in [0.2, 0.25) is 0 Å². The molecule has 1 spiro atoms. The third kappa shape index (κ3) is 2.30. The van der Waals surface area contributed by atoms with Gasteiger partial charge in [-0.1, -0.05) is 23.8 Å². The number of hydrogen-bond acceptors (Lipinski definition) is 2. The second-order valence-electron chi connectivity index (χ2n) is 7.22. The molecule has 3 heteroatoms. The van der Waals surface area contributed by atoms with E-state index in [1.54, 1.807) is 0 Å². The van der Waals surface area contributed by atoms with Gasteiger partial charge in [0.1, 0.15) is 5.60 Å². The van der Waals surface area contributed by atoms with E-state index in [-0.39, 0.29) is 17.6 Å². The molecule has 0 radical (unpaired) electrons. The van der Waals surface area contributed by atoms with Crippen LogP contribution in [0.5, 0.6) is 0 Å². The highest BCUT2D eigenvalue weighted by Crippen LogP contribution is 2.57. The van der Waals surface area contributed by atoms with Gasteiger partial charge in [-0.3, -0.25) is 0 Å². The van der Waals surface area contributed by atoms with Gasteiger partial charge in [-0.15, -0.1) is 0 Å². The molecule has 2 unspecified atom stereocenters. The van der Waals surface area contributed by atoms with Crippen LogP contribution in [0, 0.1) is 6.92 Å². The van der Waals surface area contributed by atoms with Crippen molar-refractivity contribution >= 4 is 6.09 Å². The maximum absolute atomic E-state index is 11.9. The summed E-state index contributed by atoms with van der Waals surface area (Å²) >= 11 is 0. The summed E-state index contributed by atoms with van der Waals surface area (Å²) in [7, 11) is 0. The van der Waals surface area contributed by atoms with Crippen molar-refractivity contribution in [1.82, 2.24) is 5.32 Å². The summed E-state index contributed by atoms with van der Waals surface area (Å²) in [5, 5.41) is 3.04. The second-order valence-corrected chi connectivity index (χ2v) is 7.22. The van der Waals surface area contributed by atoms with Gasteiger partial charge in [-0.25, -0.2) is 4.79 Å². The zero-order chi connectivity index (χ0) is 14.5. The molecule has 108 valence electrons. The average Bonchev–Trinajstić information content (AvgIpc) is 2.86. The van der Waals surface area contributed by atoms with Gasteiger partial charge >= 0.3 is 6.09 Å². The van der Waals surface area contributed by atoms with Crippen molar-refractivity contribution in [2.75, 3.05) is 0 Å². The van der Waals surface area contributed by atoms with E-state index in [4.69, 9.17) is 4.74 Å². The molecule has 1 amide bonds. The summed E-state index contributed by atoms with van der Waals surface area (Å²) in [4.78, 5) is 11.9. The predicted molar refractivity (Wildman–Crippen MR) is 79.0 cm³/mol. The summed E-state index contributed by atoms with van der Waals surface area (Å²) < 4.78 is 5.35. The third-order valence-corrected chi connectivity index (χ3v) is 4.41.